The van der Waals surface area contributed by atoms with E-state index < -0.39 is 18.0 Å². The van der Waals surface area contributed by atoms with Crippen LogP contribution >= 0.6 is 0 Å². The molecule has 1 N–H and O–H groups in total. The van der Waals surface area contributed by atoms with E-state index in [4.69, 9.17) is 23.7 Å². The molecule has 0 spiro atoms. The first kappa shape index (κ1) is 20.0. The number of fused-ring (bicyclic) bond motifs is 1. The third kappa shape index (κ3) is 4.08. The summed E-state index contributed by atoms with van der Waals surface area (Å²) >= 11 is 0. The van der Waals surface area contributed by atoms with Gasteiger partial charge in [-0.1, -0.05) is 0 Å². The quantitative estimate of drug-likeness (QED) is 0.557. The van der Waals surface area contributed by atoms with Gasteiger partial charge in [0, 0.05) is 17.3 Å². The molecular weight excluding hydrogens is 382 g/mol. The predicted octanol–water partition coefficient (Wildman–Crippen LogP) is 2.43. The maximum atomic E-state index is 12.7. The Morgan fingerprint density at radius 3 is 2.55 bits per heavy atom. The van der Waals surface area contributed by atoms with Crippen molar-refractivity contribution in [2.24, 2.45) is 0 Å². The predicted molar refractivity (Wildman–Crippen MR) is 101 cm³/mol. The van der Waals surface area contributed by atoms with E-state index in [-0.39, 0.29) is 29.4 Å². The highest BCUT2D eigenvalue weighted by Crippen LogP contribution is 2.35. The average Bonchev–Trinajstić information content (AvgIpc) is 3.20. The van der Waals surface area contributed by atoms with Crippen LogP contribution in [0.4, 0.5) is 5.69 Å². The zero-order chi connectivity index (χ0) is 21.0. The molecule has 0 saturated heterocycles. The number of methoxy groups -OCH3 is 2. The van der Waals surface area contributed by atoms with Crippen molar-refractivity contribution in [2.45, 2.75) is 13.0 Å². The highest BCUT2D eigenvalue weighted by molar-refractivity contribution is 6.03. The maximum absolute atomic E-state index is 12.7. The lowest BCUT2D eigenvalue weighted by Crippen LogP contribution is -2.30. The summed E-state index contributed by atoms with van der Waals surface area (Å²) in [6.45, 7) is 1.52. The van der Waals surface area contributed by atoms with Crippen LogP contribution in [0.25, 0.3) is 0 Å². The summed E-state index contributed by atoms with van der Waals surface area (Å²) in [6.07, 6.45) is -0.654. The number of esters is 1. The third-order valence-corrected chi connectivity index (χ3v) is 4.20. The van der Waals surface area contributed by atoms with Crippen molar-refractivity contribution in [3.05, 3.63) is 41.5 Å². The molecule has 1 heterocycles. The van der Waals surface area contributed by atoms with Crippen molar-refractivity contribution in [1.82, 2.24) is 0 Å². The topological polar surface area (TPSA) is 109 Å². The van der Waals surface area contributed by atoms with E-state index in [0.717, 1.165) is 0 Å². The molecule has 152 valence electrons. The number of hydrogen-bond acceptors (Lipinski definition) is 8. The first-order chi connectivity index (χ1) is 14.0. The van der Waals surface area contributed by atoms with Gasteiger partial charge in [-0.3, -0.25) is 9.59 Å². The number of benzene rings is 2. The molecule has 0 aromatic heterocycles. The summed E-state index contributed by atoms with van der Waals surface area (Å²) in [5.41, 5.74) is 0.385. The molecule has 2 aromatic rings. The fourth-order valence-electron chi connectivity index (χ4n) is 2.74. The van der Waals surface area contributed by atoms with Gasteiger partial charge in [-0.05, 0) is 31.2 Å². The van der Waals surface area contributed by atoms with Gasteiger partial charge in [-0.25, -0.2) is 4.79 Å². The second kappa shape index (κ2) is 8.51. The fourth-order valence-corrected chi connectivity index (χ4v) is 2.74. The minimum absolute atomic E-state index is 0.0467. The lowest BCUT2D eigenvalue weighted by Gasteiger charge is -2.17. The lowest BCUT2D eigenvalue weighted by atomic mass is 10.1. The molecule has 0 fully saturated rings. The van der Waals surface area contributed by atoms with Crippen LogP contribution in [-0.2, 0) is 9.53 Å². The summed E-state index contributed by atoms with van der Waals surface area (Å²) in [4.78, 5) is 36.4. The summed E-state index contributed by atoms with van der Waals surface area (Å²) in [5, 5.41) is 2.63. The molecule has 0 unspecified atom stereocenters. The molecule has 0 aliphatic carbocycles. The molecule has 0 radical (unpaired) electrons. The van der Waals surface area contributed by atoms with Crippen molar-refractivity contribution in [3.8, 4) is 23.0 Å². The number of amides is 1. The van der Waals surface area contributed by atoms with Crippen LogP contribution in [0, 0.1) is 0 Å². The van der Waals surface area contributed by atoms with Gasteiger partial charge >= 0.3 is 5.97 Å². The average molecular weight is 401 g/mol. The molecule has 29 heavy (non-hydrogen) atoms. The first-order valence-electron chi connectivity index (χ1n) is 8.60. The summed E-state index contributed by atoms with van der Waals surface area (Å²) < 4.78 is 26.1. The van der Waals surface area contributed by atoms with Crippen LogP contribution in [0.2, 0.25) is 0 Å². The molecular formula is C20H19NO8. The summed E-state index contributed by atoms with van der Waals surface area (Å²) in [5.74, 6) is -0.0749. The Morgan fingerprint density at radius 1 is 1.10 bits per heavy atom. The van der Waals surface area contributed by atoms with Gasteiger partial charge in [0.15, 0.2) is 35.4 Å². The number of aldehydes is 1. The van der Waals surface area contributed by atoms with Crippen LogP contribution in [-0.4, -0.2) is 45.3 Å². The van der Waals surface area contributed by atoms with Gasteiger partial charge in [-0.15, -0.1) is 0 Å². The van der Waals surface area contributed by atoms with E-state index in [1.807, 2.05) is 0 Å². The zero-order valence-corrected chi connectivity index (χ0v) is 16.0. The number of ether oxygens (including phenoxy) is 5. The van der Waals surface area contributed by atoms with E-state index in [9.17, 15) is 14.4 Å². The van der Waals surface area contributed by atoms with E-state index >= 15 is 0 Å². The molecule has 9 heteroatoms. The Hall–Kier alpha value is -3.75. The van der Waals surface area contributed by atoms with E-state index in [1.165, 1.54) is 33.3 Å². The Balaban J connectivity index is 1.75. The Bertz CT molecular complexity index is 956. The maximum Gasteiger partial charge on any atom is 0.343 e. The van der Waals surface area contributed by atoms with Crippen LogP contribution in [0.3, 0.4) is 0 Å². The van der Waals surface area contributed by atoms with Crippen LogP contribution in [0.1, 0.15) is 27.6 Å². The molecule has 0 saturated carbocycles. The van der Waals surface area contributed by atoms with Gasteiger partial charge in [0.25, 0.3) is 5.91 Å². The Labute approximate surface area is 166 Å². The monoisotopic (exact) mass is 401 g/mol. The van der Waals surface area contributed by atoms with Crippen molar-refractivity contribution in [2.75, 3.05) is 26.3 Å². The summed E-state index contributed by atoms with van der Waals surface area (Å²) in [7, 11) is 2.73. The van der Waals surface area contributed by atoms with Crippen LogP contribution in [0.5, 0.6) is 23.0 Å². The second-order valence-corrected chi connectivity index (χ2v) is 5.99. The third-order valence-electron chi connectivity index (χ3n) is 4.20. The molecule has 3 rings (SSSR count). The normalized spacial score (nSPS) is 12.7. The van der Waals surface area contributed by atoms with E-state index in [0.29, 0.717) is 23.5 Å². The van der Waals surface area contributed by atoms with Crippen LogP contribution in [0.15, 0.2) is 30.3 Å². The van der Waals surface area contributed by atoms with Gasteiger partial charge in [0.2, 0.25) is 6.79 Å². The largest absolute Gasteiger partial charge is 0.493 e. The van der Waals surface area contributed by atoms with Crippen molar-refractivity contribution < 1.29 is 38.1 Å². The molecule has 1 atom stereocenters. The number of anilines is 1. The van der Waals surface area contributed by atoms with Gasteiger partial charge < -0.3 is 29.0 Å². The minimum atomic E-state index is -1.15. The van der Waals surface area contributed by atoms with E-state index in [2.05, 4.69) is 5.32 Å². The Morgan fingerprint density at radius 2 is 1.86 bits per heavy atom. The number of hydrogen-bond donors (Lipinski definition) is 1. The van der Waals surface area contributed by atoms with Gasteiger partial charge in [0.05, 0.1) is 14.2 Å². The zero-order valence-electron chi connectivity index (χ0n) is 16.0. The highest BCUT2D eigenvalue weighted by atomic mass is 16.7. The number of rotatable bonds is 7. The summed E-state index contributed by atoms with van der Waals surface area (Å²) in [6, 6.07) is 7.80. The first-order valence-corrected chi connectivity index (χ1v) is 8.60. The van der Waals surface area contributed by atoms with E-state index in [1.54, 1.807) is 18.2 Å². The molecule has 0 bridgehead atoms. The number of carbonyl (C=O) groups is 3. The minimum Gasteiger partial charge on any atom is -0.493 e. The molecule has 1 aliphatic heterocycles. The lowest BCUT2D eigenvalue weighted by molar-refractivity contribution is -0.123. The Kier molecular flexibility index (Phi) is 5.87. The molecule has 1 aliphatic rings. The molecule has 9 nitrogen and oxygen atoms in total. The van der Waals surface area contributed by atoms with Crippen molar-refractivity contribution in [3.63, 3.8) is 0 Å². The van der Waals surface area contributed by atoms with Gasteiger partial charge in [0.1, 0.15) is 5.56 Å². The highest BCUT2D eigenvalue weighted by Gasteiger charge is 2.26. The smallest absolute Gasteiger partial charge is 0.343 e. The fraction of sp³-hybridized carbons (Fsp3) is 0.250. The van der Waals surface area contributed by atoms with Crippen molar-refractivity contribution >= 4 is 23.9 Å². The number of carbonyl (C=O) groups excluding carboxylic acids is 3. The van der Waals surface area contributed by atoms with Crippen LogP contribution < -0.4 is 24.3 Å². The van der Waals surface area contributed by atoms with Crippen molar-refractivity contribution in [1.29, 1.82) is 0 Å². The SMILES string of the molecule is COc1ccc(C=O)c(C(=O)O[C@H](C)C(=O)Nc2ccc3c(c2)OCO3)c1OC. The standard InChI is InChI=1S/C20H19NO8/c1-11(19(23)21-13-5-7-14-16(8-13)28-10-27-14)29-20(24)17-12(9-22)4-6-15(25-2)18(17)26-3/h4-9,11H,10H2,1-3H3,(H,21,23)/t11-/m1/s1. The number of nitrogens with one attached hydrogen (secondary N) is 1. The molecule has 2 aromatic carbocycles. The molecule has 1 amide bonds. The second-order valence-electron chi connectivity index (χ2n) is 5.99. The van der Waals surface area contributed by atoms with Gasteiger partial charge in [-0.2, -0.15) is 0 Å².